The maximum absolute atomic E-state index is 12.6. The van der Waals surface area contributed by atoms with Gasteiger partial charge in [0, 0.05) is 11.8 Å². The summed E-state index contributed by atoms with van der Waals surface area (Å²) in [5.41, 5.74) is -1.24. The first-order valence-electron chi connectivity index (χ1n) is 9.02. The largest absolute Gasteiger partial charge is 0.389 e. The Bertz CT molecular complexity index is 893. The van der Waals surface area contributed by atoms with Gasteiger partial charge in [-0.2, -0.15) is 10.5 Å². The molecule has 0 saturated heterocycles. The Hall–Kier alpha value is -2.95. The van der Waals surface area contributed by atoms with Gasteiger partial charge in [-0.3, -0.25) is 4.79 Å². The molecule has 136 valence electrons. The third-order valence-corrected chi connectivity index (χ3v) is 5.83. The summed E-state index contributed by atoms with van der Waals surface area (Å²) in [6.07, 6.45) is 0.172. The van der Waals surface area contributed by atoms with E-state index in [4.69, 9.17) is 0 Å². The molecule has 0 unspecified atom stereocenters. The topological polar surface area (TPSA) is 84.9 Å². The maximum atomic E-state index is 12.6. The zero-order valence-corrected chi connectivity index (χ0v) is 15.5. The van der Waals surface area contributed by atoms with E-state index in [1.165, 1.54) is 6.92 Å². The first-order valence-corrected chi connectivity index (χ1v) is 9.02. The number of carbonyl (C=O) groups is 1. The van der Waals surface area contributed by atoms with E-state index in [1.54, 1.807) is 6.92 Å². The maximum Gasteiger partial charge on any atom is 0.158 e. The number of nitriles is 2. The second-order valence-electron chi connectivity index (χ2n) is 7.59. The lowest BCUT2D eigenvalue weighted by Crippen LogP contribution is -2.55. The molecule has 0 aliphatic heterocycles. The quantitative estimate of drug-likeness (QED) is 0.900. The highest BCUT2D eigenvalue weighted by Crippen LogP contribution is 2.59. The number of ketones is 1. The highest BCUT2D eigenvalue weighted by atomic mass is 16.3. The molecule has 1 aliphatic rings. The molecule has 2 aromatic rings. The summed E-state index contributed by atoms with van der Waals surface area (Å²) in [6.45, 7) is 3.07. The molecule has 1 N–H and O–H groups in total. The molecule has 0 heterocycles. The molecule has 0 aromatic heterocycles. The summed E-state index contributed by atoms with van der Waals surface area (Å²) >= 11 is 0. The molecule has 1 saturated carbocycles. The van der Waals surface area contributed by atoms with E-state index in [1.807, 2.05) is 60.7 Å². The van der Waals surface area contributed by atoms with Gasteiger partial charge in [-0.05, 0) is 31.4 Å². The summed E-state index contributed by atoms with van der Waals surface area (Å²) in [6, 6.07) is 23.0. The van der Waals surface area contributed by atoms with Crippen molar-refractivity contribution in [2.75, 3.05) is 0 Å². The van der Waals surface area contributed by atoms with Gasteiger partial charge in [0.25, 0.3) is 0 Å². The summed E-state index contributed by atoms with van der Waals surface area (Å²) in [7, 11) is 0. The number of Topliss-reactive ketones (excluding diaryl/α,β-unsaturated/α-hetero) is 1. The van der Waals surface area contributed by atoms with E-state index in [2.05, 4.69) is 12.1 Å². The van der Waals surface area contributed by atoms with Crippen LogP contribution in [-0.4, -0.2) is 16.5 Å². The Morgan fingerprint density at radius 2 is 1.48 bits per heavy atom. The molecule has 4 heteroatoms. The van der Waals surface area contributed by atoms with E-state index in [0.717, 1.165) is 11.1 Å². The lowest BCUT2D eigenvalue weighted by molar-refractivity contribution is -0.139. The van der Waals surface area contributed by atoms with Crippen LogP contribution < -0.4 is 0 Å². The highest BCUT2D eigenvalue weighted by Gasteiger charge is 2.61. The fourth-order valence-corrected chi connectivity index (χ4v) is 4.71. The molecule has 4 nitrogen and oxygen atoms in total. The van der Waals surface area contributed by atoms with Crippen molar-refractivity contribution >= 4 is 5.78 Å². The lowest BCUT2D eigenvalue weighted by atomic mass is 9.49. The molecule has 27 heavy (non-hydrogen) atoms. The minimum absolute atomic E-state index is 0.172. The minimum atomic E-state index is -1.46. The number of benzene rings is 2. The molecule has 1 aliphatic carbocycles. The Labute approximate surface area is 159 Å². The smallest absolute Gasteiger partial charge is 0.158 e. The van der Waals surface area contributed by atoms with E-state index in [0.29, 0.717) is 0 Å². The van der Waals surface area contributed by atoms with Crippen molar-refractivity contribution in [3.8, 4) is 12.1 Å². The van der Waals surface area contributed by atoms with Crippen LogP contribution in [0.3, 0.4) is 0 Å². The van der Waals surface area contributed by atoms with Crippen molar-refractivity contribution in [3.63, 3.8) is 0 Å². The molecule has 0 bridgehead atoms. The van der Waals surface area contributed by atoms with Crippen molar-refractivity contribution in [2.45, 2.75) is 37.7 Å². The predicted molar refractivity (Wildman–Crippen MR) is 101 cm³/mol. The molecular formula is C23H22N2O2. The van der Waals surface area contributed by atoms with Crippen LogP contribution in [0, 0.1) is 34.0 Å². The third kappa shape index (κ3) is 3.03. The fourth-order valence-electron chi connectivity index (χ4n) is 4.71. The van der Waals surface area contributed by atoms with Crippen LogP contribution in [0.2, 0.25) is 0 Å². The van der Waals surface area contributed by atoms with Crippen LogP contribution in [-0.2, 0) is 4.79 Å². The highest BCUT2D eigenvalue weighted by molar-refractivity contribution is 5.81. The van der Waals surface area contributed by atoms with Crippen LogP contribution in [0.4, 0.5) is 0 Å². The molecule has 0 amide bonds. The summed E-state index contributed by atoms with van der Waals surface area (Å²) in [4.78, 5) is 12.6. The molecule has 0 spiro atoms. The molecular weight excluding hydrogens is 336 g/mol. The Balaban J connectivity index is 2.30. The van der Waals surface area contributed by atoms with Gasteiger partial charge in [0.1, 0.15) is 5.78 Å². The van der Waals surface area contributed by atoms with Crippen LogP contribution in [0.5, 0.6) is 0 Å². The van der Waals surface area contributed by atoms with Gasteiger partial charge in [-0.1, -0.05) is 60.7 Å². The number of aliphatic hydroxyl groups is 1. The van der Waals surface area contributed by atoms with Gasteiger partial charge >= 0.3 is 0 Å². The number of rotatable bonds is 3. The standard InChI is InChI=1S/C23H22N2O2/c1-16(26)20-21(18-11-7-4-8-12-18)23(14-24,15-25)19(13-22(20,2)27)17-9-5-3-6-10-17/h3-12,19-21,27H,13H2,1-2H3/t19-,20-,21+,22+/m0/s1. The first kappa shape index (κ1) is 18.8. The average Bonchev–Trinajstić information content (AvgIpc) is 2.68. The zero-order valence-electron chi connectivity index (χ0n) is 15.5. The molecule has 3 rings (SSSR count). The Morgan fingerprint density at radius 1 is 1.00 bits per heavy atom. The molecule has 2 aromatic carbocycles. The van der Waals surface area contributed by atoms with Crippen LogP contribution in [0.1, 0.15) is 43.2 Å². The SMILES string of the molecule is CC(=O)[C@H]1[C@@H](c2ccccc2)C(C#N)(C#N)[C@H](c2ccccc2)C[C@@]1(C)O. The second kappa shape index (κ2) is 6.99. The van der Waals surface area contributed by atoms with Crippen LogP contribution in [0.25, 0.3) is 0 Å². The van der Waals surface area contributed by atoms with Gasteiger partial charge < -0.3 is 5.11 Å². The van der Waals surface area contributed by atoms with Crippen LogP contribution >= 0.6 is 0 Å². The number of hydrogen-bond donors (Lipinski definition) is 1. The van der Waals surface area contributed by atoms with Crippen molar-refractivity contribution in [1.29, 1.82) is 10.5 Å². The van der Waals surface area contributed by atoms with E-state index in [9.17, 15) is 20.4 Å². The van der Waals surface area contributed by atoms with E-state index < -0.39 is 28.8 Å². The summed E-state index contributed by atoms with van der Waals surface area (Å²) in [5, 5.41) is 31.7. The van der Waals surface area contributed by atoms with Crippen LogP contribution in [0.15, 0.2) is 60.7 Å². The third-order valence-electron chi connectivity index (χ3n) is 5.83. The van der Waals surface area contributed by atoms with Gasteiger partial charge in [0.2, 0.25) is 0 Å². The number of hydrogen-bond acceptors (Lipinski definition) is 4. The lowest BCUT2D eigenvalue weighted by Gasteiger charge is -2.51. The fraction of sp³-hybridized carbons (Fsp3) is 0.348. The summed E-state index contributed by atoms with van der Waals surface area (Å²) < 4.78 is 0. The Morgan fingerprint density at radius 3 is 1.93 bits per heavy atom. The minimum Gasteiger partial charge on any atom is -0.389 e. The zero-order chi connectivity index (χ0) is 19.7. The van der Waals surface area contributed by atoms with Crippen molar-refractivity contribution in [3.05, 3.63) is 71.8 Å². The molecule has 4 atom stereocenters. The number of carbonyl (C=O) groups excluding carboxylic acids is 1. The summed E-state index contributed by atoms with van der Waals surface area (Å²) in [5.74, 6) is -2.28. The average molecular weight is 358 g/mol. The predicted octanol–water partition coefficient (Wildman–Crippen LogP) is 3.95. The van der Waals surface area contributed by atoms with Gasteiger partial charge in [0.15, 0.2) is 5.41 Å². The van der Waals surface area contributed by atoms with Gasteiger partial charge in [0.05, 0.1) is 23.7 Å². The molecule has 1 fully saturated rings. The number of nitrogens with zero attached hydrogens (tertiary/aromatic N) is 2. The van der Waals surface area contributed by atoms with Crippen molar-refractivity contribution in [1.82, 2.24) is 0 Å². The molecule has 0 radical (unpaired) electrons. The van der Waals surface area contributed by atoms with E-state index >= 15 is 0 Å². The van der Waals surface area contributed by atoms with Crippen molar-refractivity contribution < 1.29 is 9.90 Å². The van der Waals surface area contributed by atoms with E-state index in [-0.39, 0.29) is 12.2 Å². The van der Waals surface area contributed by atoms with Crippen molar-refractivity contribution in [2.24, 2.45) is 11.3 Å². The Kier molecular flexibility index (Phi) is 4.87. The monoisotopic (exact) mass is 358 g/mol. The van der Waals surface area contributed by atoms with Gasteiger partial charge in [-0.25, -0.2) is 0 Å². The second-order valence-corrected chi connectivity index (χ2v) is 7.59. The first-order chi connectivity index (χ1) is 12.9. The van der Waals surface area contributed by atoms with Gasteiger partial charge in [-0.15, -0.1) is 0 Å². The normalized spacial score (nSPS) is 29.3.